The maximum Gasteiger partial charge on any atom is 0.132 e. The molecule has 3 rings (SSSR count). The van der Waals surface area contributed by atoms with E-state index in [4.69, 9.17) is 0 Å². The number of aromatic nitrogens is 2. The van der Waals surface area contributed by atoms with Crippen molar-refractivity contribution in [3.63, 3.8) is 0 Å². The van der Waals surface area contributed by atoms with Crippen LogP contribution in [0.2, 0.25) is 0 Å². The van der Waals surface area contributed by atoms with Gasteiger partial charge in [-0.15, -0.1) is 0 Å². The molecule has 0 saturated carbocycles. The van der Waals surface area contributed by atoms with Gasteiger partial charge in [0.15, 0.2) is 0 Å². The minimum atomic E-state index is 1.05. The molecule has 0 saturated heterocycles. The molecule has 2 aromatic rings. The lowest BCUT2D eigenvalue weighted by Gasteiger charge is -2.16. The monoisotopic (exact) mass is 213 g/mol. The van der Waals surface area contributed by atoms with Gasteiger partial charge >= 0.3 is 0 Å². The summed E-state index contributed by atoms with van der Waals surface area (Å²) in [6.45, 7) is 3.15. The molecule has 1 aliphatic heterocycles. The second kappa shape index (κ2) is 3.67. The van der Waals surface area contributed by atoms with Crippen LogP contribution in [0.1, 0.15) is 17.5 Å². The number of rotatable bonds is 1. The molecular formula is C13H15N3. The molecule has 3 nitrogen and oxygen atoms in total. The lowest BCUT2D eigenvalue weighted by atomic mass is 10.1. The van der Waals surface area contributed by atoms with Crippen molar-refractivity contribution in [1.82, 2.24) is 9.78 Å². The summed E-state index contributed by atoms with van der Waals surface area (Å²) in [5.74, 6) is 1.16. The predicted octanol–water partition coefficient (Wildman–Crippen LogP) is 2.54. The van der Waals surface area contributed by atoms with E-state index in [2.05, 4.69) is 41.6 Å². The topological polar surface area (TPSA) is 29.9 Å². The zero-order valence-corrected chi connectivity index (χ0v) is 9.40. The van der Waals surface area contributed by atoms with Gasteiger partial charge in [-0.05, 0) is 37.5 Å². The average Bonchev–Trinajstić information content (AvgIpc) is 2.72. The Balaban J connectivity index is 2.09. The standard InChI is InChI=1S/C13H15N3/c1-10-4-2-6-12(8-10)16-13-11(9-15-16)5-3-7-14-13/h2,4,6,8-9,14H,3,5,7H2,1H3. The highest BCUT2D eigenvalue weighted by atomic mass is 15.3. The fraction of sp³-hybridized carbons (Fsp3) is 0.308. The lowest BCUT2D eigenvalue weighted by Crippen LogP contribution is -2.14. The molecule has 1 N–H and O–H groups in total. The molecule has 0 unspecified atom stereocenters. The third kappa shape index (κ3) is 1.48. The van der Waals surface area contributed by atoms with E-state index >= 15 is 0 Å². The molecule has 0 bridgehead atoms. The van der Waals surface area contributed by atoms with Crippen LogP contribution in [0.15, 0.2) is 30.5 Å². The van der Waals surface area contributed by atoms with Crippen LogP contribution in [0.3, 0.4) is 0 Å². The van der Waals surface area contributed by atoms with Crippen LogP contribution < -0.4 is 5.32 Å². The number of anilines is 1. The minimum Gasteiger partial charge on any atom is -0.370 e. The molecule has 1 aromatic heterocycles. The highest BCUT2D eigenvalue weighted by Crippen LogP contribution is 2.24. The Morgan fingerprint density at radius 3 is 3.19 bits per heavy atom. The number of fused-ring (bicyclic) bond motifs is 1. The summed E-state index contributed by atoms with van der Waals surface area (Å²) in [7, 11) is 0. The fourth-order valence-corrected chi connectivity index (χ4v) is 2.19. The average molecular weight is 213 g/mol. The molecule has 82 valence electrons. The molecule has 0 atom stereocenters. The van der Waals surface area contributed by atoms with Crippen molar-refractivity contribution in [2.45, 2.75) is 19.8 Å². The quantitative estimate of drug-likeness (QED) is 0.789. The number of hydrogen-bond donors (Lipinski definition) is 1. The summed E-state index contributed by atoms with van der Waals surface area (Å²) < 4.78 is 2.00. The maximum absolute atomic E-state index is 4.46. The Morgan fingerprint density at radius 1 is 1.38 bits per heavy atom. The lowest BCUT2D eigenvalue weighted by molar-refractivity contribution is 0.805. The predicted molar refractivity (Wildman–Crippen MR) is 65.1 cm³/mol. The Hall–Kier alpha value is -1.77. The van der Waals surface area contributed by atoms with Gasteiger partial charge in [-0.1, -0.05) is 12.1 Å². The summed E-state index contributed by atoms with van der Waals surface area (Å²) >= 11 is 0. The summed E-state index contributed by atoms with van der Waals surface area (Å²) in [4.78, 5) is 0. The molecule has 1 aliphatic rings. The number of nitrogens with zero attached hydrogens (tertiary/aromatic N) is 2. The largest absolute Gasteiger partial charge is 0.370 e. The summed E-state index contributed by atoms with van der Waals surface area (Å²) in [5.41, 5.74) is 3.72. The molecule has 0 radical (unpaired) electrons. The summed E-state index contributed by atoms with van der Waals surface area (Å²) in [5, 5.41) is 7.89. The first kappa shape index (κ1) is 9.46. The molecule has 0 amide bonds. The maximum atomic E-state index is 4.46. The minimum absolute atomic E-state index is 1.05. The van der Waals surface area contributed by atoms with Crippen molar-refractivity contribution in [2.75, 3.05) is 11.9 Å². The smallest absolute Gasteiger partial charge is 0.132 e. The van der Waals surface area contributed by atoms with Gasteiger partial charge in [-0.3, -0.25) is 0 Å². The molecule has 0 spiro atoms. The Morgan fingerprint density at radius 2 is 2.31 bits per heavy atom. The Kier molecular flexibility index (Phi) is 2.17. The molecule has 1 aromatic carbocycles. The Bertz CT molecular complexity index is 514. The summed E-state index contributed by atoms with van der Waals surface area (Å²) in [6.07, 6.45) is 4.31. The number of hydrogen-bond acceptors (Lipinski definition) is 2. The van der Waals surface area contributed by atoms with Gasteiger partial charge in [0, 0.05) is 12.1 Å². The fourth-order valence-electron chi connectivity index (χ4n) is 2.19. The van der Waals surface area contributed by atoms with Gasteiger partial charge < -0.3 is 5.32 Å². The van der Waals surface area contributed by atoms with Crippen LogP contribution in [0.4, 0.5) is 5.82 Å². The SMILES string of the molecule is Cc1cccc(-n2ncc3c2NCCC3)c1. The van der Waals surface area contributed by atoms with Gasteiger partial charge in [0.2, 0.25) is 0 Å². The number of nitrogens with one attached hydrogen (secondary N) is 1. The molecule has 0 aliphatic carbocycles. The second-order valence-electron chi connectivity index (χ2n) is 4.30. The Labute approximate surface area is 95.1 Å². The third-order valence-electron chi connectivity index (χ3n) is 3.01. The van der Waals surface area contributed by atoms with E-state index in [1.165, 1.54) is 17.5 Å². The highest BCUT2D eigenvalue weighted by Gasteiger charge is 2.15. The zero-order valence-electron chi connectivity index (χ0n) is 9.40. The van der Waals surface area contributed by atoms with Crippen LogP contribution in [-0.4, -0.2) is 16.3 Å². The van der Waals surface area contributed by atoms with Crippen LogP contribution in [0.5, 0.6) is 0 Å². The van der Waals surface area contributed by atoms with Crippen LogP contribution >= 0.6 is 0 Å². The molecule has 0 fully saturated rings. The van der Waals surface area contributed by atoms with Crippen molar-refractivity contribution >= 4 is 5.82 Å². The highest BCUT2D eigenvalue weighted by molar-refractivity contribution is 5.52. The van der Waals surface area contributed by atoms with Gasteiger partial charge in [-0.2, -0.15) is 5.10 Å². The van der Waals surface area contributed by atoms with Crippen LogP contribution in [-0.2, 0) is 6.42 Å². The normalized spacial score (nSPS) is 14.3. The van der Waals surface area contributed by atoms with E-state index < -0.39 is 0 Å². The number of benzene rings is 1. The van der Waals surface area contributed by atoms with Crippen LogP contribution in [0, 0.1) is 6.92 Å². The van der Waals surface area contributed by atoms with Crippen molar-refractivity contribution in [1.29, 1.82) is 0 Å². The van der Waals surface area contributed by atoms with Crippen LogP contribution in [0.25, 0.3) is 5.69 Å². The van der Waals surface area contributed by atoms with E-state index in [1.54, 1.807) is 0 Å². The first-order valence-electron chi connectivity index (χ1n) is 5.72. The number of aryl methyl sites for hydroxylation is 2. The van der Waals surface area contributed by atoms with Gasteiger partial charge in [0.25, 0.3) is 0 Å². The first-order valence-corrected chi connectivity index (χ1v) is 5.72. The first-order chi connectivity index (χ1) is 7.84. The van der Waals surface area contributed by atoms with Gasteiger partial charge in [-0.25, -0.2) is 4.68 Å². The van der Waals surface area contributed by atoms with Crippen molar-refractivity contribution in [2.24, 2.45) is 0 Å². The second-order valence-corrected chi connectivity index (χ2v) is 4.30. The van der Waals surface area contributed by atoms with Gasteiger partial charge in [0.05, 0.1) is 11.9 Å². The van der Waals surface area contributed by atoms with Gasteiger partial charge in [0.1, 0.15) is 5.82 Å². The van der Waals surface area contributed by atoms with E-state index in [1.807, 2.05) is 10.9 Å². The molecular weight excluding hydrogens is 198 g/mol. The van der Waals surface area contributed by atoms with Crippen molar-refractivity contribution in [3.8, 4) is 5.69 Å². The van der Waals surface area contributed by atoms with E-state index in [-0.39, 0.29) is 0 Å². The molecule has 2 heterocycles. The van der Waals surface area contributed by atoms with E-state index in [0.29, 0.717) is 0 Å². The zero-order chi connectivity index (χ0) is 11.0. The third-order valence-corrected chi connectivity index (χ3v) is 3.01. The van der Waals surface area contributed by atoms with E-state index in [0.717, 1.165) is 24.5 Å². The van der Waals surface area contributed by atoms with Crippen molar-refractivity contribution in [3.05, 3.63) is 41.6 Å². The molecule has 3 heteroatoms. The van der Waals surface area contributed by atoms with E-state index in [9.17, 15) is 0 Å². The van der Waals surface area contributed by atoms with Crippen molar-refractivity contribution < 1.29 is 0 Å². The molecule has 16 heavy (non-hydrogen) atoms. The summed E-state index contributed by atoms with van der Waals surface area (Å²) in [6, 6.07) is 8.43.